The molecule has 0 saturated heterocycles. The standard InChI is InChI=1S/C32H32Cl6O8/c1-5-15-13(3)17(15)7-9-43-29(39)23-25(37)19(33)11-21(35)27(23)45-31(41)32(42)46-28-22(36)12-20(34)26(38)24(28)30(40)44-10-8-18-14(4)16(18)6-2/h11-18H,5-10H2,1-4H3. The van der Waals surface area contributed by atoms with E-state index in [-0.39, 0.29) is 43.3 Å². The highest BCUT2D eigenvalue weighted by atomic mass is 35.5. The fourth-order valence-corrected chi connectivity index (χ4v) is 7.72. The first-order valence-electron chi connectivity index (χ1n) is 14.9. The highest BCUT2D eigenvalue weighted by molar-refractivity contribution is 6.47. The fourth-order valence-electron chi connectivity index (χ4n) is 6.29. The van der Waals surface area contributed by atoms with Gasteiger partial charge in [-0.3, -0.25) is 0 Å². The largest absolute Gasteiger partial charge is 0.462 e. The van der Waals surface area contributed by atoms with E-state index in [1.165, 1.54) is 0 Å². The minimum atomic E-state index is -1.64. The molecule has 2 aromatic rings. The van der Waals surface area contributed by atoms with Crippen LogP contribution in [0.1, 0.15) is 74.1 Å². The lowest BCUT2D eigenvalue weighted by molar-refractivity contribution is -0.156. The van der Waals surface area contributed by atoms with Gasteiger partial charge in [0.05, 0.1) is 43.3 Å². The monoisotopic (exact) mass is 754 g/mol. The Hall–Kier alpha value is -1.94. The molecule has 0 bridgehead atoms. The summed E-state index contributed by atoms with van der Waals surface area (Å²) in [5.41, 5.74) is -0.910. The molecule has 0 radical (unpaired) electrons. The van der Waals surface area contributed by atoms with E-state index >= 15 is 0 Å². The van der Waals surface area contributed by atoms with Crippen LogP contribution in [-0.4, -0.2) is 37.1 Å². The molecule has 0 N–H and O–H groups in total. The quantitative estimate of drug-likeness (QED) is 0.0913. The molecule has 2 aliphatic carbocycles. The Labute approximate surface area is 297 Å². The first kappa shape index (κ1) is 36.9. The zero-order chi connectivity index (χ0) is 34.0. The molecule has 250 valence electrons. The molecule has 6 atom stereocenters. The van der Waals surface area contributed by atoms with E-state index in [0.717, 1.165) is 25.0 Å². The van der Waals surface area contributed by atoms with Crippen LogP contribution in [0.25, 0.3) is 0 Å². The molecule has 2 saturated carbocycles. The van der Waals surface area contributed by atoms with Gasteiger partial charge in [0.1, 0.15) is 11.1 Å². The molecule has 0 amide bonds. The summed E-state index contributed by atoms with van der Waals surface area (Å²) in [6, 6.07) is 2.26. The van der Waals surface area contributed by atoms with Gasteiger partial charge in [0.15, 0.2) is 11.5 Å². The minimum Gasteiger partial charge on any atom is -0.462 e. The van der Waals surface area contributed by atoms with Gasteiger partial charge in [0.25, 0.3) is 0 Å². The van der Waals surface area contributed by atoms with Gasteiger partial charge >= 0.3 is 23.9 Å². The fraction of sp³-hybridized carbons (Fsp3) is 0.500. The van der Waals surface area contributed by atoms with E-state index in [2.05, 4.69) is 27.7 Å². The Morgan fingerprint density at radius 1 is 0.587 bits per heavy atom. The number of halogens is 6. The lowest BCUT2D eigenvalue weighted by Gasteiger charge is -2.15. The SMILES string of the molecule is CCC1C(C)C1CCOC(=O)c1c(Cl)c(Cl)cc(Cl)c1OC(=O)C(=O)Oc1c(Cl)cc(Cl)c(Cl)c1C(=O)OCCC1C(C)C1CC. The maximum absolute atomic E-state index is 13.1. The number of carbonyl (C=O) groups excluding carboxylic acids is 4. The first-order valence-corrected chi connectivity index (χ1v) is 17.1. The van der Waals surface area contributed by atoms with Crippen LogP contribution in [0, 0.1) is 35.5 Å². The highest BCUT2D eigenvalue weighted by Crippen LogP contribution is 2.51. The van der Waals surface area contributed by atoms with Gasteiger partial charge in [-0.05, 0) is 60.5 Å². The second-order valence-corrected chi connectivity index (χ2v) is 13.9. The Kier molecular flexibility index (Phi) is 12.4. The Bertz CT molecular complexity index is 1430. The molecule has 0 aliphatic heterocycles. The Balaban J connectivity index is 1.48. The van der Waals surface area contributed by atoms with Gasteiger partial charge in [-0.1, -0.05) is 110 Å². The third-order valence-corrected chi connectivity index (χ3v) is 11.2. The third-order valence-electron chi connectivity index (χ3n) is 9.05. The molecule has 2 aromatic carbocycles. The lowest BCUT2D eigenvalue weighted by atomic mass is 10.2. The second kappa shape index (κ2) is 15.5. The third kappa shape index (κ3) is 8.01. The van der Waals surface area contributed by atoms with Crippen molar-refractivity contribution in [2.45, 2.75) is 53.4 Å². The summed E-state index contributed by atoms with van der Waals surface area (Å²) in [6.45, 7) is 8.64. The summed E-state index contributed by atoms with van der Waals surface area (Å²) in [7, 11) is 0. The maximum atomic E-state index is 13.1. The molecule has 14 heteroatoms. The van der Waals surface area contributed by atoms with Crippen LogP contribution in [0.3, 0.4) is 0 Å². The van der Waals surface area contributed by atoms with Crippen molar-refractivity contribution in [3.8, 4) is 11.5 Å². The number of hydrogen-bond donors (Lipinski definition) is 0. The molecule has 4 rings (SSSR count). The topological polar surface area (TPSA) is 105 Å². The number of rotatable bonds is 12. The van der Waals surface area contributed by atoms with Gasteiger partial charge in [-0.25, -0.2) is 19.2 Å². The average molecular weight is 757 g/mol. The van der Waals surface area contributed by atoms with Crippen LogP contribution in [0.4, 0.5) is 0 Å². The number of hydrogen-bond acceptors (Lipinski definition) is 8. The average Bonchev–Trinajstić information content (AvgIpc) is 3.86. The van der Waals surface area contributed by atoms with E-state index in [1.54, 1.807) is 0 Å². The molecule has 46 heavy (non-hydrogen) atoms. The van der Waals surface area contributed by atoms with E-state index in [9.17, 15) is 19.2 Å². The number of benzene rings is 2. The summed E-state index contributed by atoms with van der Waals surface area (Å²) in [5.74, 6) is -3.31. The molecule has 2 aliphatic rings. The van der Waals surface area contributed by atoms with Gasteiger partial charge in [0, 0.05) is 0 Å². The van der Waals surface area contributed by atoms with Crippen LogP contribution < -0.4 is 9.47 Å². The smallest absolute Gasteiger partial charge is 0.423 e. The number of ether oxygens (including phenoxy) is 4. The number of carbonyl (C=O) groups is 4. The van der Waals surface area contributed by atoms with Crippen LogP contribution in [-0.2, 0) is 19.1 Å². The molecular formula is C32H32Cl6O8. The van der Waals surface area contributed by atoms with Crippen molar-refractivity contribution in [2.75, 3.05) is 13.2 Å². The summed E-state index contributed by atoms with van der Waals surface area (Å²) in [6.07, 6.45) is 3.32. The predicted octanol–water partition coefficient (Wildman–Crippen LogP) is 9.80. The molecule has 2 fully saturated rings. The van der Waals surface area contributed by atoms with Crippen molar-refractivity contribution in [3.63, 3.8) is 0 Å². The van der Waals surface area contributed by atoms with Crippen LogP contribution in [0.5, 0.6) is 11.5 Å². The molecule has 0 spiro atoms. The first-order chi connectivity index (χ1) is 21.7. The summed E-state index contributed by atoms with van der Waals surface area (Å²) in [5, 5.41) is -1.46. The zero-order valence-corrected chi connectivity index (χ0v) is 29.9. The van der Waals surface area contributed by atoms with E-state index in [1.807, 2.05) is 0 Å². The van der Waals surface area contributed by atoms with Crippen molar-refractivity contribution in [2.24, 2.45) is 35.5 Å². The van der Waals surface area contributed by atoms with E-state index in [4.69, 9.17) is 88.6 Å². The van der Waals surface area contributed by atoms with Crippen molar-refractivity contribution >= 4 is 93.5 Å². The van der Waals surface area contributed by atoms with Gasteiger partial charge in [0.2, 0.25) is 0 Å². The molecule has 6 unspecified atom stereocenters. The normalized spacial score (nSPS) is 23.0. The zero-order valence-electron chi connectivity index (χ0n) is 25.4. The Morgan fingerprint density at radius 2 is 0.935 bits per heavy atom. The Morgan fingerprint density at radius 3 is 1.24 bits per heavy atom. The van der Waals surface area contributed by atoms with Crippen molar-refractivity contribution in [1.82, 2.24) is 0 Å². The summed E-state index contributed by atoms with van der Waals surface area (Å²) >= 11 is 37.3. The van der Waals surface area contributed by atoms with Crippen LogP contribution in [0.15, 0.2) is 12.1 Å². The minimum absolute atomic E-state index is 0.0772. The van der Waals surface area contributed by atoms with E-state index in [0.29, 0.717) is 48.3 Å². The highest BCUT2D eigenvalue weighted by Gasteiger charge is 2.45. The van der Waals surface area contributed by atoms with E-state index < -0.39 is 46.5 Å². The van der Waals surface area contributed by atoms with Crippen LogP contribution >= 0.6 is 69.6 Å². The van der Waals surface area contributed by atoms with Gasteiger partial charge < -0.3 is 18.9 Å². The van der Waals surface area contributed by atoms with Crippen molar-refractivity contribution in [3.05, 3.63) is 53.4 Å². The lowest BCUT2D eigenvalue weighted by Crippen LogP contribution is -2.27. The number of esters is 4. The van der Waals surface area contributed by atoms with Crippen molar-refractivity contribution < 1.29 is 38.1 Å². The molecule has 0 aromatic heterocycles. The molecule has 0 heterocycles. The summed E-state index contributed by atoms with van der Waals surface area (Å²) < 4.78 is 21.1. The van der Waals surface area contributed by atoms with Crippen LogP contribution in [0.2, 0.25) is 30.1 Å². The maximum Gasteiger partial charge on any atom is 0.423 e. The second-order valence-electron chi connectivity index (χ2n) is 11.5. The molecular weight excluding hydrogens is 725 g/mol. The van der Waals surface area contributed by atoms with Gasteiger partial charge in [-0.15, -0.1) is 0 Å². The van der Waals surface area contributed by atoms with Gasteiger partial charge in [-0.2, -0.15) is 0 Å². The predicted molar refractivity (Wildman–Crippen MR) is 177 cm³/mol. The molecule has 8 nitrogen and oxygen atoms in total. The van der Waals surface area contributed by atoms with Crippen molar-refractivity contribution in [1.29, 1.82) is 0 Å². The summed E-state index contributed by atoms with van der Waals surface area (Å²) in [4.78, 5) is 52.0.